The summed E-state index contributed by atoms with van der Waals surface area (Å²) in [6.45, 7) is 7.09. The molecule has 8 heteroatoms. The molecule has 2 saturated heterocycles. The predicted octanol–water partition coefficient (Wildman–Crippen LogP) is 3.27. The summed E-state index contributed by atoms with van der Waals surface area (Å²) in [6.07, 6.45) is 6.50. The van der Waals surface area contributed by atoms with Gasteiger partial charge in [-0.25, -0.2) is 9.48 Å². The summed E-state index contributed by atoms with van der Waals surface area (Å²) >= 11 is 0. The minimum Gasteiger partial charge on any atom is -0.457 e. The lowest BCUT2D eigenvalue weighted by atomic mass is 9.77. The van der Waals surface area contributed by atoms with Crippen LogP contribution in [0, 0.1) is 12.3 Å². The Hall–Kier alpha value is -3.23. The van der Waals surface area contributed by atoms with Crippen molar-refractivity contribution in [3.8, 4) is 5.69 Å². The first-order valence-electron chi connectivity index (χ1n) is 12.4. The van der Waals surface area contributed by atoms with E-state index in [4.69, 9.17) is 4.74 Å². The summed E-state index contributed by atoms with van der Waals surface area (Å²) in [6, 6.07) is 12.2. The van der Waals surface area contributed by atoms with E-state index in [0.29, 0.717) is 24.1 Å². The lowest BCUT2D eigenvalue weighted by molar-refractivity contribution is 0.0534. The van der Waals surface area contributed by atoms with Crippen LogP contribution in [-0.4, -0.2) is 63.7 Å². The van der Waals surface area contributed by atoms with Crippen LogP contribution in [0.2, 0.25) is 0 Å². The lowest BCUT2D eigenvalue weighted by Gasteiger charge is -2.40. The van der Waals surface area contributed by atoms with Gasteiger partial charge < -0.3 is 19.6 Å². The molecule has 0 saturated carbocycles. The fraction of sp³-hybridized carbons (Fsp3) is 0.444. The highest BCUT2D eigenvalue weighted by Crippen LogP contribution is 2.42. The van der Waals surface area contributed by atoms with Crippen molar-refractivity contribution in [1.82, 2.24) is 19.9 Å². The molecule has 0 amide bonds. The lowest BCUT2D eigenvalue weighted by Crippen LogP contribution is -2.43. The van der Waals surface area contributed by atoms with Crippen LogP contribution in [0.3, 0.4) is 0 Å². The Kier molecular flexibility index (Phi) is 5.57. The molecule has 4 heterocycles. The molecule has 2 aromatic carbocycles. The van der Waals surface area contributed by atoms with E-state index >= 15 is 0 Å². The van der Waals surface area contributed by atoms with Crippen molar-refractivity contribution in [3.63, 3.8) is 0 Å². The molecule has 8 nitrogen and oxygen atoms in total. The summed E-state index contributed by atoms with van der Waals surface area (Å²) in [4.78, 5) is 16.7. The van der Waals surface area contributed by atoms with E-state index in [1.165, 1.54) is 12.1 Å². The Labute approximate surface area is 205 Å². The maximum atomic E-state index is 11.8. The quantitative estimate of drug-likeness (QED) is 0.570. The highest BCUT2D eigenvalue weighted by atomic mass is 16.5. The first-order valence-corrected chi connectivity index (χ1v) is 12.4. The number of carbonyl (C=O) groups is 1. The molecular formula is C27H31N5O3. The smallest absolute Gasteiger partial charge is 0.338 e. The molecule has 3 aliphatic heterocycles. The Bertz CT molecular complexity index is 1220. The fourth-order valence-corrected chi connectivity index (χ4v) is 6.01. The van der Waals surface area contributed by atoms with Gasteiger partial charge in [-0.15, -0.1) is 5.10 Å². The summed E-state index contributed by atoms with van der Waals surface area (Å²) in [5.74, 6) is -0.262. The highest BCUT2D eigenvalue weighted by Gasteiger charge is 2.41. The predicted molar refractivity (Wildman–Crippen MR) is 132 cm³/mol. The fourth-order valence-electron chi connectivity index (χ4n) is 6.01. The minimum absolute atomic E-state index is 0.262. The molecule has 35 heavy (non-hydrogen) atoms. The first-order chi connectivity index (χ1) is 17.0. The molecule has 3 aliphatic rings. The zero-order valence-corrected chi connectivity index (χ0v) is 20.1. The zero-order chi connectivity index (χ0) is 24.0. The molecule has 6 rings (SSSR count). The first kappa shape index (κ1) is 22.2. The number of aliphatic hydroxyl groups excluding tert-OH is 1. The van der Waals surface area contributed by atoms with Crippen LogP contribution in [0.1, 0.15) is 52.4 Å². The van der Waals surface area contributed by atoms with Crippen LogP contribution >= 0.6 is 0 Å². The summed E-state index contributed by atoms with van der Waals surface area (Å²) in [5, 5.41) is 18.9. The number of cyclic esters (lactones) is 1. The van der Waals surface area contributed by atoms with E-state index in [-0.39, 0.29) is 5.97 Å². The van der Waals surface area contributed by atoms with Crippen molar-refractivity contribution < 1.29 is 14.6 Å². The number of aromatic nitrogens is 3. The average Bonchev–Trinajstić information content (AvgIpc) is 3.63. The molecule has 2 fully saturated rings. The van der Waals surface area contributed by atoms with Gasteiger partial charge in [0.1, 0.15) is 6.61 Å². The molecule has 1 aromatic heterocycles. The van der Waals surface area contributed by atoms with Crippen molar-refractivity contribution in [3.05, 3.63) is 71.0 Å². The molecule has 1 spiro atoms. The van der Waals surface area contributed by atoms with Gasteiger partial charge in [0.2, 0.25) is 0 Å². The molecule has 182 valence electrons. The van der Waals surface area contributed by atoms with Crippen molar-refractivity contribution in [1.29, 1.82) is 0 Å². The number of rotatable bonds is 5. The molecule has 1 unspecified atom stereocenters. The van der Waals surface area contributed by atoms with Crippen LogP contribution in [0.15, 0.2) is 48.8 Å². The van der Waals surface area contributed by atoms with Crippen molar-refractivity contribution >= 4 is 11.7 Å². The largest absolute Gasteiger partial charge is 0.457 e. The SMILES string of the molecule is Cc1c(C(O)CN2CCC3(CC2)CCN(c2ccc(-n4ccnn4)cc2)C3)ccc2c1COC2=O. The van der Waals surface area contributed by atoms with Crippen LogP contribution in [0.4, 0.5) is 5.69 Å². The highest BCUT2D eigenvalue weighted by molar-refractivity contribution is 5.93. The number of ether oxygens (including phenoxy) is 1. The number of aliphatic hydroxyl groups is 1. The van der Waals surface area contributed by atoms with Crippen LogP contribution in [0.25, 0.3) is 5.69 Å². The molecule has 0 radical (unpaired) electrons. The van der Waals surface area contributed by atoms with Crippen molar-refractivity contribution in [2.24, 2.45) is 5.41 Å². The van der Waals surface area contributed by atoms with E-state index < -0.39 is 6.10 Å². The van der Waals surface area contributed by atoms with Gasteiger partial charge in [-0.2, -0.15) is 0 Å². The summed E-state index contributed by atoms with van der Waals surface area (Å²) in [5.41, 5.74) is 6.08. The summed E-state index contributed by atoms with van der Waals surface area (Å²) in [7, 11) is 0. The number of β-amino-alcohol motifs (C(OH)–C–C–N with tert-alkyl or cyclic N) is 1. The number of hydrogen-bond donors (Lipinski definition) is 1. The number of piperidine rings is 1. The van der Waals surface area contributed by atoms with Gasteiger partial charge in [0.25, 0.3) is 0 Å². The summed E-state index contributed by atoms with van der Waals surface area (Å²) < 4.78 is 6.94. The van der Waals surface area contributed by atoms with Gasteiger partial charge >= 0.3 is 5.97 Å². The third-order valence-corrected chi connectivity index (χ3v) is 8.25. The number of fused-ring (bicyclic) bond motifs is 1. The Morgan fingerprint density at radius 1 is 1.06 bits per heavy atom. The van der Waals surface area contributed by atoms with Crippen LogP contribution in [-0.2, 0) is 11.3 Å². The maximum Gasteiger partial charge on any atom is 0.338 e. The van der Waals surface area contributed by atoms with E-state index in [0.717, 1.165) is 61.4 Å². The van der Waals surface area contributed by atoms with Gasteiger partial charge in [-0.3, -0.25) is 0 Å². The van der Waals surface area contributed by atoms with Crippen LogP contribution < -0.4 is 4.90 Å². The minimum atomic E-state index is -0.561. The monoisotopic (exact) mass is 473 g/mol. The molecule has 3 aromatic rings. The maximum absolute atomic E-state index is 11.8. The number of benzene rings is 2. The third kappa shape index (κ3) is 4.10. The van der Waals surface area contributed by atoms with E-state index in [1.807, 2.05) is 19.2 Å². The van der Waals surface area contributed by atoms with E-state index in [9.17, 15) is 9.90 Å². The van der Waals surface area contributed by atoms with Gasteiger partial charge in [-0.1, -0.05) is 11.3 Å². The number of likely N-dealkylation sites (tertiary alicyclic amines) is 1. The zero-order valence-electron chi connectivity index (χ0n) is 20.1. The average molecular weight is 474 g/mol. The third-order valence-electron chi connectivity index (χ3n) is 8.25. The second-order valence-electron chi connectivity index (χ2n) is 10.2. The molecule has 1 atom stereocenters. The Morgan fingerprint density at radius 2 is 1.80 bits per heavy atom. The topological polar surface area (TPSA) is 83.7 Å². The van der Waals surface area contributed by atoms with E-state index in [1.54, 1.807) is 16.9 Å². The normalized spacial score (nSPS) is 20.3. The Morgan fingerprint density at radius 3 is 2.54 bits per heavy atom. The van der Waals surface area contributed by atoms with E-state index in [2.05, 4.69) is 44.4 Å². The number of carbonyl (C=O) groups excluding carboxylic acids is 1. The van der Waals surface area contributed by atoms with Crippen molar-refractivity contribution in [2.75, 3.05) is 37.6 Å². The molecule has 1 N–H and O–H groups in total. The van der Waals surface area contributed by atoms with Gasteiger partial charge in [0.05, 0.1) is 29.7 Å². The number of nitrogens with zero attached hydrogens (tertiary/aromatic N) is 5. The number of hydrogen-bond acceptors (Lipinski definition) is 7. The van der Waals surface area contributed by atoms with Gasteiger partial charge in [-0.05, 0) is 86.1 Å². The number of esters is 1. The van der Waals surface area contributed by atoms with Gasteiger partial charge in [0.15, 0.2) is 0 Å². The Balaban J connectivity index is 1.05. The second-order valence-corrected chi connectivity index (χ2v) is 10.2. The molecule has 0 aliphatic carbocycles. The van der Waals surface area contributed by atoms with Gasteiger partial charge in [0, 0.05) is 30.9 Å². The molecule has 0 bridgehead atoms. The standard InChI is InChI=1S/C27H31N5O3/c1-19-22(6-7-23-24(19)17-35-26(23)34)25(33)16-30-12-8-27(9-13-30)10-14-31(18-27)20-2-4-21(5-3-20)32-15-11-28-29-32/h2-7,11,15,25,33H,8-10,12-14,16-18H2,1H3. The van der Waals surface area contributed by atoms with Crippen molar-refractivity contribution in [2.45, 2.75) is 38.9 Å². The number of anilines is 1. The van der Waals surface area contributed by atoms with Crippen LogP contribution in [0.5, 0.6) is 0 Å². The molecular weight excluding hydrogens is 442 g/mol. The second kappa shape index (κ2) is 8.77.